The lowest BCUT2D eigenvalue weighted by Gasteiger charge is -2.37. The van der Waals surface area contributed by atoms with Crippen molar-refractivity contribution < 1.29 is 4.79 Å². The molecule has 0 radical (unpaired) electrons. The molecule has 146 valence electrons. The molecule has 0 aromatic carbocycles. The van der Waals surface area contributed by atoms with Crippen LogP contribution in [-0.2, 0) is 4.79 Å². The van der Waals surface area contributed by atoms with Crippen molar-refractivity contribution in [2.75, 3.05) is 43.9 Å². The van der Waals surface area contributed by atoms with Crippen LogP contribution in [0.1, 0.15) is 32.1 Å². The minimum absolute atomic E-state index is 0.207. The van der Waals surface area contributed by atoms with E-state index in [0.29, 0.717) is 11.9 Å². The lowest BCUT2D eigenvalue weighted by atomic mass is 9.84. The van der Waals surface area contributed by atoms with Crippen LogP contribution in [0.2, 0.25) is 0 Å². The monoisotopic (exact) mass is 371 g/mol. The number of piperidine rings is 1. The number of anilines is 2. The third kappa shape index (κ3) is 4.16. The van der Waals surface area contributed by atoms with E-state index in [2.05, 4.69) is 31.2 Å². The van der Waals surface area contributed by atoms with Gasteiger partial charge in [0.05, 0.1) is 5.70 Å². The topological polar surface area (TPSA) is 94.2 Å². The van der Waals surface area contributed by atoms with E-state index in [1.165, 1.54) is 6.42 Å². The third-order valence-corrected chi connectivity index (χ3v) is 5.72. The van der Waals surface area contributed by atoms with E-state index in [0.717, 1.165) is 69.1 Å². The van der Waals surface area contributed by atoms with E-state index >= 15 is 0 Å². The molecule has 0 bridgehead atoms. The summed E-state index contributed by atoms with van der Waals surface area (Å²) in [5, 5.41) is 13.3. The minimum atomic E-state index is 0.207. The van der Waals surface area contributed by atoms with Gasteiger partial charge in [0.1, 0.15) is 5.82 Å². The molecule has 3 heterocycles. The number of hydrogen-bond acceptors (Lipinski definition) is 7. The molecule has 4 N–H and O–H groups in total. The maximum Gasteiger partial charge on any atom is 0.225 e. The van der Waals surface area contributed by atoms with Gasteiger partial charge in [-0.1, -0.05) is 6.42 Å². The van der Waals surface area contributed by atoms with Gasteiger partial charge in [0.25, 0.3) is 0 Å². The molecule has 1 aliphatic carbocycles. The molecule has 1 atom stereocenters. The highest BCUT2D eigenvalue weighted by molar-refractivity contribution is 5.79. The Kier molecular flexibility index (Phi) is 5.42. The highest BCUT2D eigenvalue weighted by Gasteiger charge is 2.32. The molecule has 0 spiro atoms. The van der Waals surface area contributed by atoms with Gasteiger partial charge in [-0.3, -0.25) is 4.79 Å². The van der Waals surface area contributed by atoms with E-state index in [1.807, 2.05) is 18.0 Å². The van der Waals surface area contributed by atoms with Crippen molar-refractivity contribution in [2.24, 2.45) is 5.92 Å². The van der Waals surface area contributed by atoms with Gasteiger partial charge in [0.15, 0.2) is 0 Å². The number of carbonyl (C=O) groups is 1. The van der Waals surface area contributed by atoms with Crippen molar-refractivity contribution in [3.63, 3.8) is 0 Å². The first-order chi connectivity index (χ1) is 13.2. The zero-order valence-electron chi connectivity index (χ0n) is 15.9. The number of nitrogens with one attached hydrogen (secondary N) is 4. The number of nitrogens with zero attached hydrogens (tertiary/aromatic N) is 3. The summed E-state index contributed by atoms with van der Waals surface area (Å²) in [5.41, 5.74) is 2.26. The molecule has 2 aliphatic heterocycles. The second kappa shape index (κ2) is 8.12. The van der Waals surface area contributed by atoms with Gasteiger partial charge < -0.3 is 26.2 Å². The molecular weight excluding hydrogens is 342 g/mol. The van der Waals surface area contributed by atoms with Crippen molar-refractivity contribution in [3.8, 4) is 0 Å². The summed E-state index contributed by atoms with van der Waals surface area (Å²) in [7, 11) is 1.93. The molecule has 1 saturated carbocycles. The van der Waals surface area contributed by atoms with E-state index in [4.69, 9.17) is 0 Å². The molecule has 8 nitrogen and oxygen atoms in total. The van der Waals surface area contributed by atoms with E-state index in [9.17, 15) is 4.79 Å². The van der Waals surface area contributed by atoms with Crippen LogP contribution in [0, 0.1) is 5.92 Å². The van der Waals surface area contributed by atoms with Crippen LogP contribution in [0.15, 0.2) is 23.7 Å². The first-order valence-corrected chi connectivity index (χ1v) is 9.99. The van der Waals surface area contributed by atoms with Crippen LogP contribution >= 0.6 is 0 Å². The fourth-order valence-corrected chi connectivity index (χ4v) is 3.93. The molecule has 27 heavy (non-hydrogen) atoms. The zero-order chi connectivity index (χ0) is 18.6. The summed E-state index contributed by atoms with van der Waals surface area (Å²) in [6.45, 7) is 3.25. The second-order valence-electron chi connectivity index (χ2n) is 7.60. The first kappa shape index (κ1) is 18.0. The van der Waals surface area contributed by atoms with Gasteiger partial charge in [0, 0.05) is 57.1 Å². The van der Waals surface area contributed by atoms with Crippen molar-refractivity contribution in [1.29, 1.82) is 0 Å². The predicted octanol–water partition coefficient (Wildman–Crippen LogP) is 1.13. The quantitative estimate of drug-likeness (QED) is 0.595. The van der Waals surface area contributed by atoms with Gasteiger partial charge in [0.2, 0.25) is 11.9 Å². The molecule has 1 amide bonds. The summed E-state index contributed by atoms with van der Waals surface area (Å²) in [4.78, 5) is 23.5. The average Bonchev–Trinajstić information content (AvgIpc) is 3.08. The lowest BCUT2D eigenvalue weighted by molar-refractivity contribution is -0.139. The van der Waals surface area contributed by atoms with Gasteiger partial charge in [-0.15, -0.1) is 0 Å². The summed E-state index contributed by atoms with van der Waals surface area (Å²) < 4.78 is 0. The van der Waals surface area contributed by atoms with Crippen molar-refractivity contribution in [1.82, 2.24) is 25.5 Å². The smallest absolute Gasteiger partial charge is 0.225 e. The Hall–Kier alpha value is -2.35. The number of hydrogen-bond donors (Lipinski definition) is 4. The highest BCUT2D eigenvalue weighted by atomic mass is 16.2. The standard InChI is InChI=1S/C19H29N7O/c1-20-15-10-21-11-16(15)24-17-7-8-22-19(25-17)23-14-6-3-9-26(12-14)18(27)13-4-2-5-13/h7-8,13-14,20-21H,2-6,9-12H2,1H3,(H2,22,23,24,25)/t14-/m0/s1. The van der Waals surface area contributed by atoms with Crippen LogP contribution in [0.25, 0.3) is 0 Å². The largest absolute Gasteiger partial charge is 0.389 e. The number of aromatic nitrogens is 2. The first-order valence-electron chi connectivity index (χ1n) is 9.99. The summed E-state index contributed by atoms with van der Waals surface area (Å²) >= 11 is 0. The van der Waals surface area contributed by atoms with Crippen molar-refractivity contribution >= 4 is 17.7 Å². The molecule has 1 aromatic heterocycles. The molecule has 1 saturated heterocycles. The SMILES string of the molecule is CNC1=C(Nc2ccnc(N[C@H]3CCCN(C(=O)C4CCC4)C3)n2)CNC1. The Bertz CT molecular complexity index is 716. The summed E-state index contributed by atoms with van der Waals surface area (Å²) in [6, 6.07) is 2.08. The van der Waals surface area contributed by atoms with E-state index in [-0.39, 0.29) is 12.0 Å². The van der Waals surface area contributed by atoms with Crippen LogP contribution in [0.5, 0.6) is 0 Å². The van der Waals surface area contributed by atoms with Crippen LogP contribution in [0.4, 0.5) is 11.8 Å². The van der Waals surface area contributed by atoms with Gasteiger partial charge in [-0.25, -0.2) is 4.98 Å². The Balaban J connectivity index is 1.37. The fourth-order valence-electron chi connectivity index (χ4n) is 3.93. The van der Waals surface area contributed by atoms with Gasteiger partial charge in [-0.05, 0) is 31.7 Å². The molecule has 1 aromatic rings. The Morgan fingerprint density at radius 1 is 1.22 bits per heavy atom. The molecule has 2 fully saturated rings. The number of likely N-dealkylation sites (tertiary alicyclic amines) is 1. The van der Waals surface area contributed by atoms with Crippen LogP contribution in [0.3, 0.4) is 0 Å². The summed E-state index contributed by atoms with van der Waals surface area (Å²) in [6.07, 6.45) is 7.14. The number of rotatable bonds is 6. The van der Waals surface area contributed by atoms with Crippen molar-refractivity contribution in [2.45, 2.75) is 38.1 Å². The van der Waals surface area contributed by atoms with Gasteiger partial charge in [-0.2, -0.15) is 4.98 Å². The normalized spacial score (nSPS) is 23.1. The summed E-state index contributed by atoms with van der Waals surface area (Å²) in [5.74, 6) is 1.99. The Labute approximate surface area is 160 Å². The van der Waals surface area contributed by atoms with Crippen LogP contribution < -0.4 is 21.3 Å². The van der Waals surface area contributed by atoms with E-state index < -0.39 is 0 Å². The lowest BCUT2D eigenvalue weighted by Crippen LogP contribution is -2.48. The maximum atomic E-state index is 12.5. The number of amides is 1. The minimum Gasteiger partial charge on any atom is -0.389 e. The van der Waals surface area contributed by atoms with Crippen molar-refractivity contribution in [3.05, 3.63) is 23.7 Å². The zero-order valence-corrected chi connectivity index (χ0v) is 15.9. The highest BCUT2D eigenvalue weighted by Crippen LogP contribution is 2.29. The number of likely N-dealkylation sites (N-methyl/N-ethyl adjacent to an activating group) is 1. The number of carbonyl (C=O) groups excluding carboxylic acids is 1. The fraction of sp³-hybridized carbons (Fsp3) is 0.632. The van der Waals surface area contributed by atoms with E-state index in [1.54, 1.807) is 6.20 Å². The third-order valence-electron chi connectivity index (χ3n) is 5.72. The molecule has 0 unspecified atom stereocenters. The Morgan fingerprint density at radius 2 is 2.07 bits per heavy atom. The maximum absolute atomic E-state index is 12.5. The van der Waals surface area contributed by atoms with Gasteiger partial charge >= 0.3 is 0 Å². The second-order valence-corrected chi connectivity index (χ2v) is 7.60. The predicted molar refractivity (Wildman–Crippen MR) is 105 cm³/mol. The van der Waals surface area contributed by atoms with Crippen LogP contribution in [-0.4, -0.2) is 60.0 Å². The molecule has 3 aliphatic rings. The molecular formula is C19H29N7O. The molecule has 4 rings (SSSR count). The average molecular weight is 371 g/mol. The Morgan fingerprint density at radius 3 is 2.85 bits per heavy atom. The molecule has 8 heteroatoms.